The van der Waals surface area contributed by atoms with Gasteiger partial charge in [-0.25, -0.2) is 0 Å². The van der Waals surface area contributed by atoms with Gasteiger partial charge in [-0.3, -0.25) is 34.1 Å². The summed E-state index contributed by atoms with van der Waals surface area (Å²) >= 11 is 5.30. The van der Waals surface area contributed by atoms with Gasteiger partial charge in [-0.15, -0.1) is 0 Å². The molecule has 8 rings (SSSR count). The van der Waals surface area contributed by atoms with Crippen molar-refractivity contribution in [3.8, 4) is 16.9 Å². The number of unbranched alkanes of at least 4 members (excludes halogenated alkanes) is 4. The predicted molar refractivity (Wildman–Crippen MR) is 251 cm³/mol. The molecule has 0 saturated carbocycles. The average molecular weight is 902 g/mol. The van der Waals surface area contributed by atoms with Crippen molar-refractivity contribution in [3.05, 3.63) is 89.1 Å². The summed E-state index contributed by atoms with van der Waals surface area (Å²) in [6.07, 6.45) is 10.6. The summed E-state index contributed by atoms with van der Waals surface area (Å²) in [5.74, 6) is -0.259. The molecule has 4 aliphatic heterocycles. The van der Waals surface area contributed by atoms with E-state index >= 15 is 0 Å². The maximum Gasteiger partial charge on any atom is 0.257 e. The SMILES string of the molecule is CN1CC(C(=O)CCc2ccc3c(-c4cccc(C(N)=S)c4)cn(C4CCN(C(=O)CCCCCCCNC(=O)COc5cccc6c5CN(C5CCC(=O)NC5=O)C6=O)CC4)c3c2)C1. The van der Waals surface area contributed by atoms with E-state index in [1.54, 1.807) is 18.2 Å². The first-order chi connectivity index (χ1) is 31.4. The first kappa shape index (κ1) is 45.6. The Hall–Kier alpha value is -5.93. The van der Waals surface area contributed by atoms with Crippen LogP contribution >= 0.6 is 12.2 Å². The summed E-state index contributed by atoms with van der Waals surface area (Å²) < 4.78 is 8.21. The highest BCUT2D eigenvalue weighted by atomic mass is 32.1. The third-order valence-electron chi connectivity index (χ3n) is 13.5. The molecule has 342 valence electrons. The third kappa shape index (κ3) is 10.6. The molecule has 0 radical (unpaired) electrons. The Morgan fingerprint density at radius 3 is 2.43 bits per heavy atom. The molecule has 65 heavy (non-hydrogen) atoms. The fourth-order valence-electron chi connectivity index (χ4n) is 9.80. The smallest absolute Gasteiger partial charge is 0.257 e. The van der Waals surface area contributed by atoms with Gasteiger partial charge in [0.2, 0.25) is 17.7 Å². The van der Waals surface area contributed by atoms with E-state index < -0.39 is 11.9 Å². The molecule has 5 amide bonds. The number of hydrogen-bond acceptors (Lipinski definition) is 9. The van der Waals surface area contributed by atoms with Crippen molar-refractivity contribution in [1.29, 1.82) is 0 Å². The molecule has 0 aliphatic carbocycles. The normalized spacial score (nSPS) is 18.1. The fraction of sp³-hybridized carbons (Fsp3) is 0.460. The highest BCUT2D eigenvalue weighted by Crippen LogP contribution is 2.37. The molecule has 14 nitrogen and oxygen atoms in total. The number of fused-ring (bicyclic) bond motifs is 2. The molecular formula is C50H59N7O7S. The van der Waals surface area contributed by atoms with Crippen LogP contribution in [0.3, 0.4) is 0 Å². The number of aromatic nitrogens is 1. The molecule has 5 heterocycles. The van der Waals surface area contributed by atoms with Crippen molar-refractivity contribution in [2.45, 2.75) is 95.7 Å². The maximum absolute atomic E-state index is 13.3. The number of Topliss-reactive ketones (excluding diaryl/α,β-unsaturated/α-hetero) is 1. The number of hydrogen-bond donors (Lipinski definition) is 3. The molecule has 1 aromatic heterocycles. The van der Waals surface area contributed by atoms with Crippen molar-refractivity contribution in [2.24, 2.45) is 11.7 Å². The molecule has 4 aromatic rings. The van der Waals surface area contributed by atoms with Crippen molar-refractivity contribution in [2.75, 3.05) is 46.4 Å². The van der Waals surface area contributed by atoms with E-state index in [0.717, 1.165) is 91.2 Å². The number of rotatable bonds is 19. The number of nitrogens with two attached hydrogens (primary N) is 1. The molecular weight excluding hydrogens is 843 g/mol. The van der Waals surface area contributed by atoms with E-state index in [1.807, 2.05) is 30.1 Å². The highest BCUT2D eigenvalue weighted by molar-refractivity contribution is 7.80. The Balaban J connectivity index is 0.755. The van der Waals surface area contributed by atoms with Crippen LogP contribution in [0.25, 0.3) is 22.0 Å². The minimum Gasteiger partial charge on any atom is -0.483 e. The van der Waals surface area contributed by atoms with Crippen LogP contribution in [0.4, 0.5) is 0 Å². The molecule has 3 fully saturated rings. The number of ketones is 1. The second-order valence-corrected chi connectivity index (χ2v) is 18.5. The van der Waals surface area contributed by atoms with Gasteiger partial charge in [0.05, 0.1) is 6.54 Å². The number of nitrogens with zero attached hydrogens (tertiary/aromatic N) is 4. The van der Waals surface area contributed by atoms with Crippen LogP contribution < -0.4 is 21.1 Å². The molecule has 3 aromatic carbocycles. The molecule has 1 unspecified atom stereocenters. The van der Waals surface area contributed by atoms with E-state index in [1.165, 1.54) is 4.90 Å². The zero-order valence-electron chi connectivity index (χ0n) is 37.2. The van der Waals surface area contributed by atoms with Crippen molar-refractivity contribution in [1.82, 2.24) is 29.9 Å². The lowest BCUT2D eigenvalue weighted by atomic mass is 9.92. The topological polar surface area (TPSA) is 176 Å². The summed E-state index contributed by atoms with van der Waals surface area (Å²) in [6, 6.07) is 19.2. The van der Waals surface area contributed by atoms with Crippen molar-refractivity contribution < 1.29 is 33.5 Å². The monoisotopic (exact) mass is 901 g/mol. The second-order valence-electron chi connectivity index (χ2n) is 18.1. The van der Waals surface area contributed by atoms with E-state index in [4.69, 9.17) is 22.7 Å². The number of carbonyl (C=O) groups is 6. The standard InChI is InChI=1S/C50H59N7O7S/c1-54-27-35(28-54)43(58)18-15-32-14-16-37-39(33-9-7-10-34(26-33)48(51)65)29-56(42(37)25-32)36-20-23-55(24-21-36)47(61)13-5-3-2-4-6-22-52-46(60)31-64-44-12-8-11-38-40(44)30-57(50(38)63)41-17-19-45(59)53-49(41)62/h7-12,14,16,25-26,29,35-36,41H,2-6,13,15,17-24,27-28,30-31H2,1H3,(H2,51,65)(H,52,60)(H,53,59,62). The summed E-state index contributed by atoms with van der Waals surface area (Å²) in [5.41, 5.74) is 12.4. The van der Waals surface area contributed by atoms with Gasteiger partial charge in [-0.1, -0.05) is 67.9 Å². The van der Waals surface area contributed by atoms with Crippen LogP contribution in [0.5, 0.6) is 5.75 Å². The number of thiocarbonyl (C=S) groups is 1. The summed E-state index contributed by atoms with van der Waals surface area (Å²) in [5, 5.41) is 6.35. The minimum absolute atomic E-state index is 0.151. The lowest BCUT2D eigenvalue weighted by Crippen LogP contribution is -2.52. The van der Waals surface area contributed by atoms with Gasteiger partial charge in [0, 0.05) is 103 Å². The maximum atomic E-state index is 13.3. The number of aryl methyl sites for hydroxylation is 1. The lowest BCUT2D eigenvalue weighted by Gasteiger charge is -2.35. The molecule has 15 heteroatoms. The Kier molecular flexibility index (Phi) is 14.4. The van der Waals surface area contributed by atoms with E-state index in [-0.39, 0.29) is 61.6 Å². The lowest BCUT2D eigenvalue weighted by molar-refractivity contribution is -0.137. The number of amides is 5. The van der Waals surface area contributed by atoms with Gasteiger partial charge in [0.1, 0.15) is 22.6 Å². The van der Waals surface area contributed by atoms with Crippen LogP contribution in [0, 0.1) is 5.92 Å². The fourth-order valence-corrected chi connectivity index (χ4v) is 9.92. The summed E-state index contributed by atoms with van der Waals surface area (Å²) in [6.45, 7) is 3.59. The number of benzene rings is 3. The van der Waals surface area contributed by atoms with Crippen LogP contribution in [-0.4, -0.2) is 112 Å². The van der Waals surface area contributed by atoms with Crippen LogP contribution in [0.1, 0.15) is 104 Å². The number of nitrogens with one attached hydrogen (secondary N) is 2. The number of piperidine rings is 2. The Bertz CT molecular complexity index is 2490. The Morgan fingerprint density at radius 2 is 1.66 bits per heavy atom. The van der Waals surface area contributed by atoms with Crippen molar-refractivity contribution >= 4 is 63.4 Å². The Labute approximate surface area is 385 Å². The summed E-state index contributed by atoms with van der Waals surface area (Å²) in [7, 11) is 2.05. The summed E-state index contributed by atoms with van der Waals surface area (Å²) in [4.78, 5) is 81.9. The van der Waals surface area contributed by atoms with Crippen LogP contribution in [-0.2, 0) is 36.9 Å². The predicted octanol–water partition coefficient (Wildman–Crippen LogP) is 5.47. The third-order valence-corrected chi connectivity index (χ3v) is 13.8. The number of ether oxygens (including phenoxy) is 1. The largest absolute Gasteiger partial charge is 0.483 e. The van der Waals surface area contributed by atoms with Crippen LogP contribution in [0.15, 0.2) is 66.9 Å². The minimum atomic E-state index is -0.724. The molecule has 4 aliphatic rings. The zero-order valence-corrected chi connectivity index (χ0v) is 38.0. The van der Waals surface area contributed by atoms with Gasteiger partial charge in [-0.05, 0) is 81.0 Å². The second kappa shape index (κ2) is 20.5. The van der Waals surface area contributed by atoms with Gasteiger partial charge in [-0.2, -0.15) is 0 Å². The highest BCUT2D eigenvalue weighted by Gasteiger charge is 2.40. The van der Waals surface area contributed by atoms with E-state index in [9.17, 15) is 28.8 Å². The molecule has 0 bridgehead atoms. The molecule has 3 saturated heterocycles. The average Bonchev–Trinajstić information content (AvgIpc) is 3.84. The first-order valence-electron chi connectivity index (χ1n) is 23.1. The molecule has 0 spiro atoms. The van der Waals surface area contributed by atoms with Gasteiger partial charge in [0.25, 0.3) is 11.8 Å². The van der Waals surface area contributed by atoms with Gasteiger partial charge >= 0.3 is 0 Å². The number of imide groups is 1. The zero-order chi connectivity index (χ0) is 45.6. The molecule has 1 atom stereocenters. The quantitative estimate of drug-likeness (QED) is 0.0622. The van der Waals surface area contributed by atoms with Gasteiger partial charge in [0.15, 0.2) is 6.61 Å². The number of likely N-dealkylation sites (tertiary alicyclic amines) is 2. The van der Waals surface area contributed by atoms with Crippen molar-refractivity contribution in [3.63, 3.8) is 0 Å². The van der Waals surface area contributed by atoms with E-state index in [2.05, 4.69) is 50.6 Å². The number of carbonyl (C=O) groups excluding carboxylic acids is 6. The first-order valence-corrected chi connectivity index (χ1v) is 23.5. The molecule has 4 N–H and O–H groups in total. The van der Waals surface area contributed by atoms with Crippen LogP contribution in [0.2, 0.25) is 0 Å². The van der Waals surface area contributed by atoms with Gasteiger partial charge < -0.3 is 35.1 Å². The van der Waals surface area contributed by atoms with E-state index in [0.29, 0.717) is 66.5 Å². The Morgan fingerprint density at radius 1 is 0.892 bits per heavy atom.